The molecule has 3 rings (SSSR count). The number of hydrogen-bond acceptors (Lipinski definition) is 1. The summed E-state index contributed by atoms with van der Waals surface area (Å²) in [6, 6.07) is 18.1. The van der Waals surface area contributed by atoms with E-state index in [1.165, 1.54) is 12.8 Å². The molecule has 0 aliphatic heterocycles. The van der Waals surface area contributed by atoms with E-state index in [1.54, 1.807) is 0 Å². The molecule has 0 aliphatic rings. The van der Waals surface area contributed by atoms with Gasteiger partial charge in [0.1, 0.15) is 0 Å². The van der Waals surface area contributed by atoms with Crippen LogP contribution in [0.2, 0.25) is 0 Å². The number of fused-ring (bicyclic) bond motifs is 1. The number of halogens is 1. The van der Waals surface area contributed by atoms with Crippen LogP contribution in [-0.4, -0.2) is 4.57 Å². The van der Waals surface area contributed by atoms with Crippen molar-refractivity contribution < 1.29 is 0 Å². The monoisotopic (exact) mass is 383 g/mol. The van der Waals surface area contributed by atoms with Crippen LogP contribution in [0, 0.1) is 0 Å². The maximum absolute atomic E-state index is 13.1. The maximum atomic E-state index is 13.1. The number of benzene rings is 2. The van der Waals surface area contributed by atoms with E-state index in [4.69, 9.17) is 0 Å². The van der Waals surface area contributed by atoms with Gasteiger partial charge in [-0.3, -0.25) is 4.79 Å². The molecule has 0 atom stereocenters. The quantitative estimate of drug-likeness (QED) is 0.511. The Morgan fingerprint density at radius 2 is 1.58 bits per heavy atom. The fourth-order valence-electron chi connectivity index (χ4n) is 3.12. The van der Waals surface area contributed by atoms with E-state index >= 15 is 0 Å². The molecule has 0 radical (unpaired) electrons. The van der Waals surface area contributed by atoms with Gasteiger partial charge in [0.2, 0.25) is 0 Å². The van der Waals surface area contributed by atoms with Gasteiger partial charge < -0.3 is 4.57 Å². The lowest BCUT2D eigenvalue weighted by Gasteiger charge is -2.17. The van der Waals surface area contributed by atoms with Crippen LogP contribution < -0.4 is 5.56 Å². The second-order valence-corrected chi connectivity index (χ2v) is 6.93. The second kappa shape index (κ2) is 7.80. The normalized spacial score (nSPS) is 11.1. The van der Waals surface area contributed by atoms with Gasteiger partial charge in [-0.1, -0.05) is 68.3 Å². The fourth-order valence-corrected chi connectivity index (χ4v) is 3.88. The van der Waals surface area contributed by atoms with Gasteiger partial charge in [-0.05, 0) is 40.4 Å². The van der Waals surface area contributed by atoms with Gasteiger partial charge >= 0.3 is 0 Å². The summed E-state index contributed by atoms with van der Waals surface area (Å²) in [5.74, 6) is 0. The highest BCUT2D eigenvalue weighted by Crippen LogP contribution is 2.27. The third-order valence-corrected chi connectivity index (χ3v) is 5.30. The first-order valence-electron chi connectivity index (χ1n) is 8.56. The van der Waals surface area contributed by atoms with Crippen molar-refractivity contribution in [2.45, 2.75) is 39.2 Å². The van der Waals surface area contributed by atoms with Gasteiger partial charge in [0.25, 0.3) is 5.56 Å². The van der Waals surface area contributed by atoms with Crippen LogP contribution in [0.5, 0.6) is 0 Å². The van der Waals surface area contributed by atoms with E-state index in [2.05, 4.69) is 35.0 Å². The summed E-state index contributed by atoms with van der Waals surface area (Å²) < 4.78 is 3.00. The maximum Gasteiger partial charge on any atom is 0.259 e. The predicted molar refractivity (Wildman–Crippen MR) is 105 cm³/mol. The standard InChI is InChI=1S/C21H22BrNO/c1-2-3-5-14-19-20(22)17-12-8-9-13-18(17)21(24)23(19)15-16-10-6-4-7-11-16/h4,6-13H,2-3,5,14-15H2,1H3. The molecule has 0 unspecified atom stereocenters. The van der Waals surface area contributed by atoms with Crippen molar-refractivity contribution in [3.8, 4) is 0 Å². The van der Waals surface area contributed by atoms with E-state index in [9.17, 15) is 4.79 Å². The highest BCUT2D eigenvalue weighted by atomic mass is 79.9. The molecule has 124 valence electrons. The molecular formula is C21H22BrNO. The Labute approximate surface area is 151 Å². The van der Waals surface area contributed by atoms with Crippen LogP contribution in [0.3, 0.4) is 0 Å². The molecule has 0 bridgehead atoms. The van der Waals surface area contributed by atoms with Crippen LogP contribution in [0.15, 0.2) is 63.9 Å². The summed E-state index contributed by atoms with van der Waals surface area (Å²) in [5.41, 5.74) is 2.36. The minimum absolute atomic E-state index is 0.101. The summed E-state index contributed by atoms with van der Waals surface area (Å²) >= 11 is 3.77. The van der Waals surface area contributed by atoms with Gasteiger partial charge in [0.15, 0.2) is 0 Å². The number of hydrogen-bond donors (Lipinski definition) is 0. The molecule has 0 saturated heterocycles. The first-order chi connectivity index (χ1) is 11.7. The zero-order valence-electron chi connectivity index (χ0n) is 14.0. The Morgan fingerprint density at radius 3 is 2.29 bits per heavy atom. The van der Waals surface area contributed by atoms with Crippen LogP contribution in [0.1, 0.15) is 37.4 Å². The third-order valence-electron chi connectivity index (χ3n) is 4.42. The lowest BCUT2D eigenvalue weighted by molar-refractivity contribution is 0.647. The summed E-state index contributed by atoms with van der Waals surface area (Å²) in [5, 5.41) is 1.79. The zero-order chi connectivity index (χ0) is 16.9. The largest absolute Gasteiger partial charge is 0.307 e. The van der Waals surface area contributed by atoms with Gasteiger partial charge in [-0.25, -0.2) is 0 Å². The van der Waals surface area contributed by atoms with Crippen molar-refractivity contribution in [3.63, 3.8) is 0 Å². The minimum atomic E-state index is 0.101. The molecule has 1 aromatic heterocycles. The van der Waals surface area contributed by atoms with E-state index < -0.39 is 0 Å². The molecule has 2 nitrogen and oxygen atoms in total. The molecule has 2 aromatic carbocycles. The molecule has 0 aliphatic carbocycles. The number of pyridine rings is 1. The molecule has 3 heteroatoms. The smallest absolute Gasteiger partial charge is 0.259 e. The summed E-state index contributed by atoms with van der Waals surface area (Å²) in [7, 11) is 0. The van der Waals surface area contributed by atoms with E-state index in [0.717, 1.165) is 39.3 Å². The minimum Gasteiger partial charge on any atom is -0.307 e. The predicted octanol–water partition coefficient (Wildman–Crippen LogP) is 5.55. The van der Waals surface area contributed by atoms with Gasteiger partial charge in [-0.15, -0.1) is 0 Å². The molecule has 1 heterocycles. The Morgan fingerprint density at radius 1 is 0.917 bits per heavy atom. The van der Waals surface area contributed by atoms with Gasteiger partial charge in [0, 0.05) is 20.9 Å². The van der Waals surface area contributed by atoms with E-state index in [-0.39, 0.29) is 5.56 Å². The Balaban J connectivity index is 2.14. The lowest BCUT2D eigenvalue weighted by atomic mass is 10.1. The fraction of sp³-hybridized carbons (Fsp3) is 0.286. The molecule has 0 fully saturated rings. The van der Waals surface area contributed by atoms with Crippen molar-refractivity contribution in [2.75, 3.05) is 0 Å². The molecule has 0 N–H and O–H groups in total. The highest BCUT2D eigenvalue weighted by molar-refractivity contribution is 9.10. The summed E-state index contributed by atoms with van der Waals surface area (Å²) in [6.07, 6.45) is 4.37. The van der Waals surface area contributed by atoms with E-state index in [1.807, 2.05) is 47.0 Å². The number of rotatable bonds is 6. The topological polar surface area (TPSA) is 22.0 Å². The van der Waals surface area contributed by atoms with Crippen LogP contribution >= 0.6 is 15.9 Å². The molecule has 0 spiro atoms. The zero-order valence-corrected chi connectivity index (χ0v) is 15.6. The highest BCUT2D eigenvalue weighted by Gasteiger charge is 2.14. The van der Waals surface area contributed by atoms with Crippen molar-refractivity contribution in [2.24, 2.45) is 0 Å². The summed E-state index contributed by atoms with van der Waals surface area (Å²) in [6.45, 7) is 2.82. The van der Waals surface area contributed by atoms with E-state index in [0.29, 0.717) is 6.54 Å². The number of unbranched alkanes of at least 4 members (excludes halogenated alkanes) is 2. The lowest BCUT2D eigenvalue weighted by Crippen LogP contribution is -2.25. The first kappa shape index (κ1) is 17.0. The second-order valence-electron chi connectivity index (χ2n) is 6.14. The van der Waals surface area contributed by atoms with Crippen molar-refractivity contribution in [1.29, 1.82) is 0 Å². The SMILES string of the molecule is CCCCCc1c(Br)c2ccccc2c(=O)n1Cc1ccccc1. The average molecular weight is 384 g/mol. The van der Waals surface area contributed by atoms with Crippen molar-refractivity contribution in [3.05, 3.63) is 80.7 Å². The Kier molecular flexibility index (Phi) is 5.52. The van der Waals surface area contributed by atoms with Crippen LogP contribution in [0.25, 0.3) is 10.8 Å². The average Bonchev–Trinajstić information content (AvgIpc) is 2.63. The number of nitrogens with zero attached hydrogens (tertiary/aromatic N) is 1. The molecule has 24 heavy (non-hydrogen) atoms. The Hall–Kier alpha value is -1.87. The van der Waals surface area contributed by atoms with Crippen LogP contribution in [0.4, 0.5) is 0 Å². The third kappa shape index (κ3) is 3.46. The molecule has 0 amide bonds. The molecular weight excluding hydrogens is 362 g/mol. The van der Waals surface area contributed by atoms with Crippen LogP contribution in [-0.2, 0) is 13.0 Å². The Bertz CT molecular complexity index is 883. The molecule has 0 saturated carbocycles. The molecule has 3 aromatic rings. The summed E-state index contributed by atoms with van der Waals surface area (Å²) in [4.78, 5) is 13.1. The first-order valence-corrected chi connectivity index (χ1v) is 9.35. The van der Waals surface area contributed by atoms with Gasteiger partial charge in [0.05, 0.1) is 6.54 Å². The van der Waals surface area contributed by atoms with Crippen molar-refractivity contribution >= 4 is 26.7 Å². The number of aromatic nitrogens is 1. The van der Waals surface area contributed by atoms with Crippen molar-refractivity contribution in [1.82, 2.24) is 4.57 Å². The van der Waals surface area contributed by atoms with Gasteiger partial charge in [-0.2, -0.15) is 0 Å².